The van der Waals surface area contributed by atoms with E-state index in [1.807, 2.05) is 30.3 Å². The summed E-state index contributed by atoms with van der Waals surface area (Å²) in [5.41, 5.74) is 1.19. The van der Waals surface area contributed by atoms with Crippen LogP contribution in [-0.4, -0.2) is 11.4 Å². The van der Waals surface area contributed by atoms with Crippen molar-refractivity contribution in [2.45, 2.75) is 19.3 Å². The molecule has 1 N–H and O–H groups in total. The van der Waals surface area contributed by atoms with Gasteiger partial charge in [0.15, 0.2) is 0 Å². The van der Waals surface area contributed by atoms with Crippen LogP contribution < -0.4 is 0 Å². The molecule has 0 saturated heterocycles. The number of nitrogens with zero attached hydrogens (tertiary/aromatic N) is 1. The van der Waals surface area contributed by atoms with E-state index in [2.05, 4.69) is 12.1 Å². The molecule has 0 aromatic heterocycles. The highest BCUT2D eigenvalue weighted by Gasteiger charge is 2.04. The van der Waals surface area contributed by atoms with Crippen LogP contribution in [0.5, 0.6) is 0 Å². The molecular weight excluding hydrogens is 150 g/mol. The van der Waals surface area contributed by atoms with Crippen LogP contribution in [0.4, 0.5) is 0 Å². The first-order valence-electron chi connectivity index (χ1n) is 4.11. The number of rotatable bonds is 3. The van der Waals surface area contributed by atoms with Gasteiger partial charge in [-0.1, -0.05) is 37.3 Å². The van der Waals surface area contributed by atoms with Gasteiger partial charge in [0.05, 0.1) is 6.21 Å². The molecule has 1 atom stereocenters. The SMILES string of the molecule is CCC(/C=N/O)c1ccccc1. The highest BCUT2D eigenvalue weighted by Crippen LogP contribution is 2.16. The lowest BCUT2D eigenvalue weighted by molar-refractivity contribution is 0.319. The lowest BCUT2D eigenvalue weighted by Gasteiger charge is -2.07. The molecule has 0 aliphatic carbocycles. The molecule has 0 spiro atoms. The van der Waals surface area contributed by atoms with E-state index >= 15 is 0 Å². The molecule has 64 valence electrons. The minimum absolute atomic E-state index is 0.233. The quantitative estimate of drug-likeness (QED) is 0.414. The fourth-order valence-electron chi connectivity index (χ4n) is 1.21. The molecule has 1 unspecified atom stereocenters. The average molecular weight is 163 g/mol. The fourth-order valence-corrected chi connectivity index (χ4v) is 1.21. The van der Waals surface area contributed by atoms with Crippen LogP contribution in [-0.2, 0) is 0 Å². The molecule has 0 saturated carbocycles. The van der Waals surface area contributed by atoms with Crippen LogP contribution in [0.15, 0.2) is 35.5 Å². The summed E-state index contributed by atoms with van der Waals surface area (Å²) in [6.45, 7) is 2.07. The second kappa shape index (κ2) is 4.54. The van der Waals surface area contributed by atoms with Crippen LogP contribution in [0.1, 0.15) is 24.8 Å². The standard InChI is InChI=1S/C10H13NO/c1-2-9(8-11-12)10-6-4-3-5-7-10/h3-9,12H,2H2,1H3/b11-8+. The summed E-state index contributed by atoms with van der Waals surface area (Å²) in [5, 5.41) is 11.5. The third-order valence-corrected chi connectivity index (χ3v) is 1.91. The Morgan fingerprint density at radius 3 is 2.58 bits per heavy atom. The predicted molar refractivity (Wildman–Crippen MR) is 49.8 cm³/mol. The van der Waals surface area contributed by atoms with Crippen LogP contribution >= 0.6 is 0 Å². The summed E-state index contributed by atoms with van der Waals surface area (Å²) < 4.78 is 0. The number of oxime groups is 1. The zero-order chi connectivity index (χ0) is 8.81. The van der Waals surface area contributed by atoms with Gasteiger partial charge in [-0.2, -0.15) is 0 Å². The largest absolute Gasteiger partial charge is 0.411 e. The van der Waals surface area contributed by atoms with Crippen LogP contribution in [0.2, 0.25) is 0 Å². The number of hydrogen-bond acceptors (Lipinski definition) is 2. The Hall–Kier alpha value is -1.31. The van der Waals surface area contributed by atoms with Gasteiger partial charge in [-0.25, -0.2) is 0 Å². The van der Waals surface area contributed by atoms with Crippen molar-refractivity contribution in [1.29, 1.82) is 0 Å². The van der Waals surface area contributed by atoms with E-state index < -0.39 is 0 Å². The second-order valence-electron chi connectivity index (χ2n) is 2.69. The molecule has 2 heteroatoms. The summed E-state index contributed by atoms with van der Waals surface area (Å²) in [6.07, 6.45) is 2.52. The van der Waals surface area contributed by atoms with E-state index in [1.165, 1.54) is 5.56 Å². The van der Waals surface area contributed by atoms with Crippen molar-refractivity contribution in [2.24, 2.45) is 5.16 Å². The van der Waals surface area contributed by atoms with E-state index in [1.54, 1.807) is 6.21 Å². The molecule has 1 aromatic rings. The molecule has 12 heavy (non-hydrogen) atoms. The van der Waals surface area contributed by atoms with Crippen LogP contribution in [0, 0.1) is 0 Å². The minimum atomic E-state index is 0.233. The van der Waals surface area contributed by atoms with Crippen molar-refractivity contribution >= 4 is 6.21 Å². The molecule has 0 amide bonds. The second-order valence-corrected chi connectivity index (χ2v) is 2.69. The summed E-state index contributed by atoms with van der Waals surface area (Å²) >= 11 is 0. The first-order chi connectivity index (χ1) is 5.88. The first kappa shape index (κ1) is 8.78. The molecule has 0 radical (unpaired) electrons. The van der Waals surface area contributed by atoms with Gasteiger partial charge in [0.1, 0.15) is 0 Å². The Morgan fingerprint density at radius 1 is 1.42 bits per heavy atom. The normalized spacial score (nSPS) is 13.4. The van der Waals surface area contributed by atoms with E-state index in [4.69, 9.17) is 5.21 Å². The maximum atomic E-state index is 8.40. The molecule has 0 aliphatic heterocycles. The Labute approximate surface area is 72.5 Å². The zero-order valence-electron chi connectivity index (χ0n) is 7.14. The minimum Gasteiger partial charge on any atom is -0.411 e. The van der Waals surface area contributed by atoms with Gasteiger partial charge >= 0.3 is 0 Å². The van der Waals surface area contributed by atoms with Crippen molar-refractivity contribution in [1.82, 2.24) is 0 Å². The maximum Gasteiger partial charge on any atom is 0.0510 e. The summed E-state index contributed by atoms with van der Waals surface area (Å²) in [7, 11) is 0. The molecule has 1 aromatic carbocycles. The van der Waals surface area contributed by atoms with Gasteiger partial charge in [0.25, 0.3) is 0 Å². The van der Waals surface area contributed by atoms with Gasteiger partial charge in [0.2, 0.25) is 0 Å². The number of hydrogen-bond donors (Lipinski definition) is 1. The smallest absolute Gasteiger partial charge is 0.0510 e. The lowest BCUT2D eigenvalue weighted by atomic mass is 9.98. The maximum absolute atomic E-state index is 8.40. The topological polar surface area (TPSA) is 32.6 Å². The van der Waals surface area contributed by atoms with Crippen LogP contribution in [0.3, 0.4) is 0 Å². The van der Waals surface area contributed by atoms with Gasteiger partial charge in [-0.05, 0) is 12.0 Å². The van der Waals surface area contributed by atoms with E-state index in [0.717, 1.165) is 6.42 Å². The van der Waals surface area contributed by atoms with Crippen molar-refractivity contribution in [2.75, 3.05) is 0 Å². The third kappa shape index (κ3) is 2.09. The summed E-state index contributed by atoms with van der Waals surface area (Å²) in [5.74, 6) is 0.233. The Morgan fingerprint density at radius 2 is 2.08 bits per heavy atom. The highest BCUT2D eigenvalue weighted by molar-refractivity contribution is 5.66. The highest BCUT2D eigenvalue weighted by atomic mass is 16.4. The lowest BCUT2D eigenvalue weighted by Crippen LogP contribution is -1.97. The van der Waals surface area contributed by atoms with Gasteiger partial charge in [-0.3, -0.25) is 0 Å². The van der Waals surface area contributed by atoms with Crippen molar-refractivity contribution in [3.05, 3.63) is 35.9 Å². The number of benzene rings is 1. The van der Waals surface area contributed by atoms with Crippen LogP contribution in [0.25, 0.3) is 0 Å². The van der Waals surface area contributed by atoms with E-state index in [9.17, 15) is 0 Å². The van der Waals surface area contributed by atoms with Gasteiger partial charge in [0, 0.05) is 5.92 Å². The predicted octanol–water partition coefficient (Wildman–Crippen LogP) is 2.64. The molecule has 0 aliphatic rings. The van der Waals surface area contributed by atoms with Gasteiger partial charge < -0.3 is 5.21 Å². The zero-order valence-corrected chi connectivity index (χ0v) is 7.14. The summed E-state index contributed by atoms with van der Waals surface area (Å²) in [4.78, 5) is 0. The summed E-state index contributed by atoms with van der Waals surface area (Å²) in [6, 6.07) is 10.0. The molecule has 0 heterocycles. The van der Waals surface area contributed by atoms with Crippen molar-refractivity contribution in [3.8, 4) is 0 Å². The van der Waals surface area contributed by atoms with Crippen molar-refractivity contribution in [3.63, 3.8) is 0 Å². The Balaban J connectivity index is 2.80. The molecule has 0 bridgehead atoms. The van der Waals surface area contributed by atoms with E-state index in [0.29, 0.717) is 0 Å². The molecular formula is C10H13NO. The Kier molecular flexibility index (Phi) is 3.33. The average Bonchev–Trinajstić information content (AvgIpc) is 2.15. The third-order valence-electron chi connectivity index (χ3n) is 1.91. The monoisotopic (exact) mass is 163 g/mol. The Bertz CT molecular complexity index is 243. The molecule has 2 nitrogen and oxygen atoms in total. The molecule has 1 rings (SSSR count). The van der Waals surface area contributed by atoms with Crippen molar-refractivity contribution < 1.29 is 5.21 Å². The van der Waals surface area contributed by atoms with Gasteiger partial charge in [-0.15, -0.1) is 5.16 Å². The molecule has 0 fully saturated rings. The first-order valence-corrected chi connectivity index (χ1v) is 4.11. The fraction of sp³-hybridized carbons (Fsp3) is 0.300. The van der Waals surface area contributed by atoms with E-state index in [-0.39, 0.29) is 5.92 Å².